The van der Waals surface area contributed by atoms with Crippen molar-refractivity contribution in [3.63, 3.8) is 0 Å². The summed E-state index contributed by atoms with van der Waals surface area (Å²) in [7, 11) is 0. The molecule has 0 amide bonds. The predicted octanol–water partition coefficient (Wildman–Crippen LogP) is 4.09. The Bertz CT molecular complexity index is 149. The van der Waals surface area contributed by atoms with Crippen molar-refractivity contribution in [2.45, 2.75) is 47.0 Å². The highest BCUT2D eigenvalue weighted by Gasteiger charge is 1.87. The summed E-state index contributed by atoms with van der Waals surface area (Å²) in [6.07, 6.45) is 8.14. The van der Waals surface area contributed by atoms with E-state index in [2.05, 4.69) is 39.8 Å². The van der Waals surface area contributed by atoms with Crippen LogP contribution in [0.4, 0.5) is 0 Å². The van der Waals surface area contributed by atoms with Gasteiger partial charge in [0.05, 0.1) is 0 Å². The zero-order valence-electron chi connectivity index (χ0n) is 8.28. The molecule has 0 radical (unpaired) electrons. The zero-order valence-corrected chi connectivity index (χ0v) is 8.28. The fourth-order valence-electron chi connectivity index (χ4n) is 0.949. The van der Waals surface area contributed by atoms with Crippen molar-refractivity contribution in [1.29, 1.82) is 0 Å². The van der Waals surface area contributed by atoms with E-state index >= 15 is 0 Å². The summed E-state index contributed by atoms with van der Waals surface area (Å²) in [5.74, 6) is 0. The summed E-state index contributed by atoms with van der Waals surface area (Å²) in [4.78, 5) is 0. The van der Waals surface area contributed by atoms with E-state index in [-0.39, 0.29) is 0 Å². The normalized spacial score (nSPS) is 13.8. The Morgan fingerprint density at radius 3 is 2.27 bits per heavy atom. The highest BCUT2D eigenvalue weighted by molar-refractivity contribution is 5.07. The minimum atomic E-state index is 1.13. The maximum absolute atomic E-state index is 2.33. The molecule has 0 unspecified atom stereocenters. The second kappa shape index (κ2) is 6.21. The molecule has 0 aromatic rings. The van der Waals surface area contributed by atoms with Crippen molar-refractivity contribution in [3.05, 3.63) is 23.3 Å². The standard InChI is InChI=1S/C11H20/c1-5-7-11(4)9-8-10(3)6-2/h6,9H,5,7-8H2,1-4H3/b10-6-,11-9-. The van der Waals surface area contributed by atoms with Crippen LogP contribution in [0.3, 0.4) is 0 Å². The molecular formula is C11H20. The first kappa shape index (κ1) is 10.5. The average molecular weight is 152 g/mol. The van der Waals surface area contributed by atoms with E-state index in [1.807, 2.05) is 0 Å². The lowest BCUT2D eigenvalue weighted by Crippen LogP contribution is -1.77. The smallest absolute Gasteiger partial charge is 0.0139 e. The van der Waals surface area contributed by atoms with Gasteiger partial charge in [0.25, 0.3) is 0 Å². The molecule has 0 nitrogen and oxygen atoms in total. The molecule has 0 heterocycles. The first-order valence-electron chi connectivity index (χ1n) is 4.48. The molecule has 64 valence electrons. The monoisotopic (exact) mass is 152 g/mol. The maximum atomic E-state index is 2.33. The Labute approximate surface area is 71.0 Å². The van der Waals surface area contributed by atoms with Crippen LogP contribution >= 0.6 is 0 Å². The summed E-state index contributed by atoms with van der Waals surface area (Å²) in [5, 5.41) is 0. The van der Waals surface area contributed by atoms with Gasteiger partial charge in [-0.15, -0.1) is 0 Å². The summed E-state index contributed by atoms with van der Waals surface area (Å²) >= 11 is 0. The van der Waals surface area contributed by atoms with Crippen LogP contribution in [0.2, 0.25) is 0 Å². The molecule has 0 saturated carbocycles. The van der Waals surface area contributed by atoms with E-state index in [9.17, 15) is 0 Å². The Morgan fingerprint density at radius 1 is 1.18 bits per heavy atom. The third kappa shape index (κ3) is 5.90. The topological polar surface area (TPSA) is 0 Å². The number of hydrogen-bond donors (Lipinski definition) is 0. The van der Waals surface area contributed by atoms with Crippen LogP contribution in [-0.2, 0) is 0 Å². The van der Waals surface area contributed by atoms with Gasteiger partial charge in [-0.25, -0.2) is 0 Å². The van der Waals surface area contributed by atoms with Gasteiger partial charge in [-0.05, 0) is 33.6 Å². The fourth-order valence-corrected chi connectivity index (χ4v) is 0.949. The lowest BCUT2D eigenvalue weighted by Gasteiger charge is -1.98. The largest absolute Gasteiger partial charge is 0.0884 e. The molecule has 0 N–H and O–H groups in total. The Hall–Kier alpha value is -0.520. The zero-order chi connectivity index (χ0) is 8.69. The Morgan fingerprint density at radius 2 is 1.82 bits per heavy atom. The first-order valence-corrected chi connectivity index (χ1v) is 4.48. The summed E-state index contributed by atoms with van der Waals surface area (Å²) < 4.78 is 0. The van der Waals surface area contributed by atoms with Crippen molar-refractivity contribution >= 4 is 0 Å². The third-order valence-electron chi connectivity index (χ3n) is 1.91. The fraction of sp³-hybridized carbons (Fsp3) is 0.636. The van der Waals surface area contributed by atoms with Crippen molar-refractivity contribution in [1.82, 2.24) is 0 Å². The third-order valence-corrected chi connectivity index (χ3v) is 1.91. The molecular weight excluding hydrogens is 132 g/mol. The van der Waals surface area contributed by atoms with E-state index in [1.165, 1.54) is 24.0 Å². The number of allylic oxidation sites excluding steroid dienone is 4. The molecule has 0 atom stereocenters. The lowest BCUT2D eigenvalue weighted by atomic mass is 10.1. The van der Waals surface area contributed by atoms with Crippen LogP contribution in [0.5, 0.6) is 0 Å². The molecule has 0 aliphatic rings. The van der Waals surface area contributed by atoms with Crippen LogP contribution in [-0.4, -0.2) is 0 Å². The van der Waals surface area contributed by atoms with Gasteiger partial charge in [-0.1, -0.05) is 36.6 Å². The summed E-state index contributed by atoms with van der Waals surface area (Å²) in [6, 6.07) is 0. The highest BCUT2D eigenvalue weighted by atomic mass is 13.9. The lowest BCUT2D eigenvalue weighted by molar-refractivity contribution is 0.897. The molecule has 11 heavy (non-hydrogen) atoms. The van der Waals surface area contributed by atoms with Crippen LogP contribution in [0, 0.1) is 0 Å². The van der Waals surface area contributed by atoms with Gasteiger partial charge in [-0.3, -0.25) is 0 Å². The van der Waals surface area contributed by atoms with Gasteiger partial charge in [0.1, 0.15) is 0 Å². The van der Waals surface area contributed by atoms with Crippen molar-refractivity contribution in [3.8, 4) is 0 Å². The summed E-state index contributed by atoms with van der Waals surface area (Å²) in [5.41, 5.74) is 2.98. The van der Waals surface area contributed by atoms with E-state index < -0.39 is 0 Å². The van der Waals surface area contributed by atoms with E-state index in [4.69, 9.17) is 0 Å². The Balaban J connectivity index is 3.72. The molecule has 0 aromatic carbocycles. The second-order valence-electron chi connectivity index (χ2n) is 3.14. The molecule has 0 aliphatic carbocycles. The quantitative estimate of drug-likeness (QED) is 0.532. The van der Waals surface area contributed by atoms with Crippen molar-refractivity contribution < 1.29 is 0 Å². The minimum absolute atomic E-state index is 1.13. The average Bonchev–Trinajstić information content (AvgIpc) is 2.01. The minimum Gasteiger partial charge on any atom is -0.0884 e. The van der Waals surface area contributed by atoms with Gasteiger partial charge in [0.15, 0.2) is 0 Å². The molecule has 0 saturated heterocycles. The van der Waals surface area contributed by atoms with Gasteiger partial charge < -0.3 is 0 Å². The summed E-state index contributed by atoms with van der Waals surface area (Å²) in [6.45, 7) is 8.71. The second-order valence-corrected chi connectivity index (χ2v) is 3.14. The van der Waals surface area contributed by atoms with Gasteiger partial charge in [0.2, 0.25) is 0 Å². The van der Waals surface area contributed by atoms with Gasteiger partial charge >= 0.3 is 0 Å². The molecule has 0 aliphatic heterocycles. The number of hydrogen-bond acceptors (Lipinski definition) is 0. The van der Waals surface area contributed by atoms with E-state index in [0.29, 0.717) is 0 Å². The molecule has 0 aromatic heterocycles. The van der Waals surface area contributed by atoms with Crippen molar-refractivity contribution in [2.75, 3.05) is 0 Å². The first-order chi connectivity index (χ1) is 5.20. The van der Waals surface area contributed by atoms with E-state index in [1.54, 1.807) is 0 Å². The molecule has 0 spiro atoms. The Kier molecular flexibility index (Phi) is 5.91. The molecule has 0 bridgehead atoms. The SMILES string of the molecule is C/C=C(/C)C/C=C(/C)CCC. The predicted molar refractivity (Wildman–Crippen MR) is 52.7 cm³/mol. The highest BCUT2D eigenvalue weighted by Crippen LogP contribution is 2.08. The van der Waals surface area contributed by atoms with Crippen LogP contribution < -0.4 is 0 Å². The van der Waals surface area contributed by atoms with Crippen molar-refractivity contribution in [2.24, 2.45) is 0 Å². The van der Waals surface area contributed by atoms with Gasteiger partial charge in [0, 0.05) is 0 Å². The van der Waals surface area contributed by atoms with Crippen LogP contribution in [0.25, 0.3) is 0 Å². The van der Waals surface area contributed by atoms with Crippen LogP contribution in [0.1, 0.15) is 47.0 Å². The molecule has 0 fully saturated rings. The van der Waals surface area contributed by atoms with Gasteiger partial charge in [-0.2, -0.15) is 0 Å². The number of rotatable bonds is 4. The van der Waals surface area contributed by atoms with E-state index in [0.717, 1.165) is 6.42 Å². The van der Waals surface area contributed by atoms with Crippen LogP contribution in [0.15, 0.2) is 23.3 Å². The molecule has 0 heteroatoms. The molecule has 0 rings (SSSR count). The maximum Gasteiger partial charge on any atom is -0.0139 e.